The maximum Gasteiger partial charge on any atom is 0.0726 e. The highest BCUT2D eigenvalue weighted by molar-refractivity contribution is 6.25. The molecule has 0 aromatic rings. The van der Waals surface area contributed by atoms with Gasteiger partial charge in [0.2, 0.25) is 0 Å². The van der Waals surface area contributed by atoms with E-state index in [0.717, 1.165) is 13.2 Å². The highest BCUT2D eigenvalue weighted by atomic mass is 35.5. The summed E-state index contributed by atoms with van der Waals surface area (Å²) >= 11 is 5.39. The molecule has 0 bridgehead atoms. The molecule has 0 radical (unpaired) electrons. The molecule has 70 valence electrons. The molecule has 0 spiro atoms. The van der Waals surface area contributed by atoms with E-state index in [4.69, 9.17) is 16.3 Å². The lowest BCUT2D eigenvalue weighted by Crippen LogP contribution is -2.36. The van der Waals surface area contributed by atoms with E-state index in [1.165, 1.54) is 18.4 Å². The first-order valence-corrected chi connectivity index (χ1v) is 4.88. The van der Waals surface area contributed by atoms with Crippen molar-refractivity contribution in [1.82, 2.24) is 5.32 Å². The van der Waals surface area contributed by atoms with Gasteiger partial charge < -0.3 is 10.1 Å². The molecule has 1 fully saturated rings. The second-order valence-electron chi connectivity index (χ2n) is 3.11. The van der Waals surface area contributed by atoms with Crippen molar-refractivity contribution >= 4 is 11.6 Å². The average Bonchev–Trinajstić information content (AvgIpc) is 2.56. The zero-order chi connectivity index (χ0) is 8.81. The Kier molecular flexibility index (Phi) is 4.66. The van der Waals surface area contributed by atoms with Gasteiger partial charge >= 0.3 is 0 Å². The molecule has 12 heavy (non-hydrogen) atoms. The Balaban J connectivity index is 2.13. The largest absolute Gasteiger partial charge is 0.377 e. The molecule has 1 saturated heterocycles. The Hall–Kier alpha value is -0.0500. The van der Waals surface area contributed by atoms with E-state index in [1.54, 1.807) is 0 Å². The summed E-state index contributed by atoms with van der Waals surface area (Å²) in [6, 6.07) is 0.431. The van der Waals surface area contributed by atoms with Crippen LogP contribution in [0.1, 0.15) is 19.8 Å². The zero-order valence-electron chi connectivity index (χ0n) is 7.42. The SMILES string of the molecule is CC(NC/C=C/Cl)C1CCCO1. The molecule has 2 nitrogen and oxygen atoms in total. The van der Waals surface area contributed by atoms with Crippen LogP contribution in [0, 0.1) is 0 Å². The number of halogens is 1. The molecule has 1 aliphatic heterocycles. The number of hydrogen-bond donors (Lipinski definition) is 1. The van der Waals surface area contributed by atoms with Gasteiger partial charge in [-0.2, -0.15) is 0 Å². The smallest absolute Gasteiger partial charge is 0.0726 e. The fourth-order valence-corrected chi connectivity index (χ4v) is 1.52. The van der Waals surface area contributed by atoms with Crippen LogP contribution in [-0.4, -0.2) is 25.3 Å². The van der Waals surface area contributed by atoms with E-state index in [1.807, 2.05) is 6.08 Å². The minimum atomic E-state index is 0.397. The van der Waals surface area contributed by atoms with Crippen molar-refractivity contribution in [2.75, 3.05) is 13.2 Å². The van der Waals surface area contributed by atoms with Gasteiger partial charge in [-0.15, -0.1) is 0 Å². The normalized spacial score (nSPS) is 26.7. The summed E-state index contributed by atoms with van der Waals surface area (Å²) in [5.41, 5.74) is 1.54. The van der Waals surface area contributed by atoms with Crippen LogP contribution in [0.25, 0.3) is 0 Å². The first-order chi connectivity index (χ1) is 5.84. The minimum absolute atomic E-state index is 0.397. The van der Waals surface area contributed by atoms with E-state index in [9.17, 15) is 0 Å². The predicted octanol–water partition coefficient (Wildman–Crippen LogP) is 1.90. The third kappa shape index (κ3) is 3.13. The lowest BCUT2D eigenvalue weighted by molar-refractivity contribution is 0.0849. The van der Waals surface area contributed by atoms with Crippen LogP contribution >= 0.6 is 11.6 Å². The van der Waals surface area contributed by atoms with Crippen LogP contribution in [-0.2, 0) is 4.74 Å². The van der Waals surface area contributed by atoms with E-state index < -0.39 is 0 Å². The Morgan fingerprint density at radius 3 is 3.17 bits per heavy atom. The molecular formula is C9H16ClNO. The lowest BCUT2D eigenvalue weighted by Gasteiger charge is -2.18. The van der Waals surface area contributed by atoms with Gasteiger partial charge in [0.05, 0.1) is 6.10 Å². The predicted molar refractivity (Wildman–Crippen MR) is 51.4 cm³/mol. The van der Waals surface area contributed by atoms with Crippen LogP contribution in [0.15, 0.2) is 11.6 Å². The van der Waals surface area contributed by atoms with E-state index >= 15 is 0 Å². The summed E-state index contributed by atoms with van der Waals surface area (Å²) in [5, 5.41) is 3.33. The molecule has 0 aliphatic carbocycles. The molecule has 1 heterocycles. The molecular weight excluding hydrogens is 174 g/mol. The van der Waals surface area contributed by atoms with Crippen molar-refractivity contribution in [3.63, 3.8) is 0 Å². The molecule has 0 aromatic heterocycles. The first-order valence-electron chi connectivity index (χ1n) is 4.45. The highest BCUT2D eigenvalue weighted by Gasteiger charge is 2.20. The van der Waals surface area contributed by atoms with E-state index in [0.29, 0.717) is 12.1 Å². The van der Waals surface area contributed by atoms with Crippen molar-refractivity contribution < 1.29 is 4.74 Å². The zero-order valence-corrected chi connectivity index (χ0v) is 8.18. The van der Waals surface area contributed by atoms with Crippen molar-refractivity contribution in [2.45, 2.75) is 31.9 Å². The Morgan fingerprint density at radius 1 is 1.75 bits per heavy atom. The first kappa shape index (κ1) is 10.0. The number of rotatable bonds is 4. The van der Waals surface area contributed by atoms with Gasteiger partial charge in [0.15, 0.2) is 0 Å². The monoisotopic (exact) mass is 189 g/mol. The maximum absolute atomic E-state index is 5.53. The van der Waals surface area contributed by atoms with Gasteiger partial charge in [-0.25, -0.2) is 0 Å². The molecule has 1 N–H and O–H groups in total. The van der Waals surface area contributed by atoms with Gasteiger partial charge in [-0.05, 0) is 19.8 Å². The molecule has 2 unspecified atom stereocenters. The van der Waals surface area contributed by atoms with Crippen molar-refractivity contribution in [1.29, 1.82) is 0 Å². The van der Waals surface area contributed by atoms with Gasteiger partial charge in [0.25, 0.3) is 0 Å². The summed E-state index contributed by atoms with van der Waals surface area (Å²) in [6.07, 6.45) is 4.67. The molecule has 1 rings (SSSR count). The van der Waals surface area contributed by atoms with Crippen molar-refractivity contribution in [3.05, 3.63) is 11.6 Å². The third-order valence-corrected chi connectivity index (χ3v) is 2.35. The standard InChI is InChI=1S/C9H16ClNO/c1-8(11-6-3-5-10)9-4-2-7-12-9/h3,5,8-9,11H,2,4,6-7H2,1H3/b5-3+. The molecule has 0 saturated carbocycles. The van der Waals surface area contributed by atoms with Crippen LogP contribution in [0.2, 0.25) is 0 Å². The maximum atomic E-state index is 5.53. The summed E-state index contributed by atoms with van der Waals surface area (Å²) in [5.74, 6) is 0. The van der Waals surface area contributed by atoms with Gasteiger partial charge in [-0.3, -0.25) is 0 Å². The molecule has 0 aromatic carbocycles. The second kappa shape index (κ2) is 5.57. The van der Waals surface area contributed by atoms with E-state index in [-0.39, 0.29) is 0 Å². The fraction of sp³-hybridized carbons (Fsp3) is 0.778. The molecule has 2 atom stereocenters. The van der Waals surface area contributed by atoms with Crippen molar-refractivity contribution in [2.24, 2.45) is 0 Å². The highest BCUT2D eigenvalue weighted by Crippen LogP contribution is 2.14. The summed E-state index contributed by atoms with van der Waals surface area (Å²) in [7, 11) is 0. The second-order valence-corrected chi connectivity index (χ2v) is 3.36. The summed E-state index contributed by atoms with van der Waals surface area (Å²) < 4.78 is 5.53. The quantitative estimate of drug-likeness (QED) is 0.730. The van der Waals surface area contributed by atoms with E-state index in [2.05, 4.69) is 12.2 Å². The summed E-state index contributed by atoms with van der Waals surface area (Å²) in [6.45, 7) is 3.89. The topological polar surface area (TPSA) is 21.3 Å². The molecule has 0 amide bonds. The van der Waals surface area contributed by atoms with Crippen LogP contribution in [0.4, 0.5) is 0 Å². The number of nitrogens with one attached hydrogen (secondary N) is 1. The van der Waals surface area contributed by atoms with Gasteiger partial charge in [-0.1, -0.05) is 17.7 Å². The Labute approximate surface area is 78.9 Å². The van der Waals surface area contributed by atoms with Crippen molar-refractivity contribution in [3.8, 4) is 0 Å². The molecule has 1 aliphatic rings. The van der Waals surface area contributed by atoms with Crippen LogP contribution in [0.5, 0.6) is 0 Å². The Morgan fingerprint density at radius 2 is 2.58 bits per heavy atom. The lowest BCUT2D eigenvalue weighted by atomic mass is 10.1. The Bertz CT molecular complexity index is 143. The number of hydrogen-bond acceptors (Lipinski definition) is 2. The molecule has 3 heteroatoms. The summed E-state index contributed by atoms with van der Waals surface area (Å²) in [4.78, 5) is 0. The number of ether oxygens (including phenoxy) is 1. The van der Waals surface area contributed by atoms with Crippen LogP contribution in [0.3, 0.4) is 0 Å². The van der Waals surface area contributed by atoms with Gasteiger partial charge in [0.1, 0.15) is 0 Å². The van der Waals surface area contributed by atoms with Crippen LogP contribution < -0.4 is 5.32 Å². The average molecular weight is 190 g/mol. The fourth-order valence-electron chi connectivity index (χ4n) is 1.43. The third-order valence-electron chi connectivity index (χ3n) is 2.17. The minimum Gasteiger partial charge on any atom is -0.377 e. The van der Waals surface area contributed by atoms with Gasteiger partial charge in [0, 0.05) is 24.7 Å².